The van der Waals surface area contributed by atoms with E-state index in [2.05, 4.69) is 40.4 Å². The highest BCUT2D eigenvalue weighted by Crippen LogP contribution is 2.36. The van der Waals surface area contributed by atoms with Crippen LogP contribution in [0.5, 0.6) is 0 Å². The second-order valence-corrected chi connectivity index (χ2v) is 13.0. The average molecular weight is 381 g/mol. The molecule has 0 bridgehead atoms. The third kappa shape index (κ3) is 6.97. The summed E-state index contributed by atoms with van der Waals surface area (Å²) in [4.78, 5) is 0. The Balaban J connectivity index is 2.84. The second-order valence-electron chi connectivity index (χ2n) is 8.20. The van der Waals surface area contributed by atoms with E-state index >= 15 is 0 Å². The Hall–Kier alpha value is -0.983. The topological polar surface area (TPSA) is 47.9 Å². The lowest BCUT2D eigenvalue weighted by Gasteiger charge is -2.38. The van der Waals surface area contributed by atoms with Crippen LogP contribution < -0.4 is 0 Å². The van der Waals surface area contributed by atoms with Gasteiger partial charge in [-0.05, 0) is 30.1 Å². The number of aliphatic hydroxyl groups excluding tert-OH is 1. The molecule has 0 aliphatic rings. The first-order chi connectivity index (χ1) is 12.1. The largest absolute Gasteiger partial charge is 0.414 e. The summed E-state index contributed by atoms with van der Waals surface area (Å²) in [5.74, 6) is 0. The zero-order chi connectivity index (χ0) is 19.8. The molecule has 0 spiro atoms. The Kier molecular flexibility index (Phi) is 9.20. The molecule has 0 fully saturated rings. The van der Waals surface area contributed by atoms with Crippen LogP contribution in [0.3, 0.4) is 0 Å². The van der Waals surface area contributed by atoms with Crippen molar-refractivity contribution in [2.24, 2.45) is 0 Å². The Morgan fingerprint density at radius 1 is 1.15 bits per heavy atom. The number of hydrogen-bond donors (Lipinski definition) is 1. The molecular weight excluding hydrogens is 344 g/mol. The van der Waals surface area contributed by atoms with Crippen LogP contribution in [0.4, 0.5) is 0 Å². The minimum Gasteiger partial charge on any atom is -0.414 e. The fourth-order valence-corrected chi connectivity index (χ4v) is 3.32. The van der Waals surface area contributed by atoms with Gasteiger partial charge in [-0.25, -0.2) is 0 Å². The predicted molar refractivity (Wildman–Crippen MR) is 110 cm³/mol. The molecule has 0 saturated heterocycles. The minimum absolute atomic E-state index is 0.101. The number of aliphatic hydroxyl groups is 1. The van der Waals surface area contributed by atoms with Crippen molar-refractivity contribution in [1.29, 1.82) is 0 Å². The van der Waals surface area contributed by atoms with E-state index in [9.17, 15) is 5.11 Å². The second kappa shape index (κ2) is 10.4. The van der Waals surface area contributed by atoms with Gasteiger partial charge in [-0.2, -0.15) is 0 Å². The summed E-state index contributed by atoms with van der Waals surface area (Å²) in [6.45, 7) is 15.5. The summed E-state index contributed by atoms with van der Waals surface area (Å²) in [5.41, 5.74) is 1.06. The van der Waals surface area contributed by atoms with Crippen molar-refractivity contribution < 1.29 is 19.0 Å². The lowest BCUT2D eigenvalue weighted by atomic mass is 10.1. The number of benzene rings is 1. The molecule has 0 heterocycles. The molecule has 1 aromatic rings. The van der Waals surface area contributed by atoms with E-state index in [1.165, 1.54) is 0 Å². The van der Waals surface area contributed by atoms with Gasteiger partial charge >= 0.3 is 0 Å². The average Bonchev–Trinajstić information content (AvgIpc) is 2.59. The zero-order valence-electron chi connectivity index (χ0n) is 17.2. The van der Waals surface area contributed by atoms with E-state index in [0.717, 1.165) is 5.56 Å². The Morgan fingerprint density at radius 2 is 1.77 bits per heavy atom. The number of ether oxygens (including phenoxy) is 2. The fraction of sp³-hybridized carbons (Fsp3) is 0.619. The highest BCUT2D eigenvalue weighted by Gasteiger charge is 2.39. The van der Waals surface area contributed by atoms with Gasteiger partial charge in [0.05, 0.1) is 19.3 Å². The van der Waals surface area contributed by atoms with Crippen LogP contribution >= 0.6 is 0 Å². The van der Waals surface area contributed by atoms with E-state index < -0.39 is 20.5 Å². The van der Waals surface area contributed by atoms with Gasteiger partial charge in [0.15, 0.2) is 8.32 Å². The molecule has 0 unspecified atom stereocenters. The number of rotatable bonds is 11. The summed E-state index contributed by atoms with van der Waals surface area (Å²) in [7, 11) is -0.340. The molecule has 1 rings (SSSR count). The molecule has 0 saturated carbocycles. The first-order valence-electron chi connectivity index (χ1n) is 9.23. The first kappa shape index (κ1) is 23.1. The van der Waals surface area contributed by atoms with E-state index in [1.54, 1.807) is 13.2 Å². The standard InChI is InChI=1S/C21H36O4Si/c1-8-12-18(23-5)20(22)19(16-25-26(6,7)21(2,3)4)24-15-17-13-10-9-11-14-17/h8-11,13-14,18-20,22H,1,12,15-16H2,2-7H3/t18-,19+,20-/m0/s1. The first-order valence-corrected chi connectivity index (χ1v) is 12.1. The summed E-state index contributed by atoms with van der Waals surface area (Å²) >= 11 is 0. The third-order valence-electron chi connectivity index (χ3n) is 5.19. The number of methoxy groups -OCH3 is 1. The maximum absolute atomic E-state index is 10.8. The van der Waals surface area contributed by atoms with E-state index in [-0.39, 0.29) is 11.1 Å². The van der Waals surface area contributed by atoms with Crippen LogP contribution in [0.15, 0.2) is 43.0 Å². The molecule has 4 nitrogen and oxygen atoms in total. The van der Waals surface area contributed by atoms with Crippen molar-refractivity contribution in [2.75, 3.05) is 13.7 Å². The molecule has 0 aromatic heterocycles. The zero-order valence-corrected chi connectivity index (χ0v) is 18.2. The van der Waals surface area contributed by atoms with Gasteiger partial charge in [0.1, 0.15) is 12.2 Å². The third-order valence-corrected chi connectivity index (χ3v) is 9.69. The monoisotopic (exact) mass is 380 g/mol. The highest BCUT2D eigenvalue weighted by molar-refractivity contribution is 6.74. The van der Waals surface area contributed by atoms with Gasteiger partial charge in [0, 0.05) is 7.11 Å². The summed E-state index contributed by atoms with van der Waals surface area (Å²) in [5, 5.41) is 10.9. The number of hydrogen-bond acceptors (Lipinski definition) is 4. The predicted octanol–water partition coefficient (Wildman–Crippen LogP) is 4.55. The maximum Gasteiger partial charge on any atom is 0.192 e. The normalized spacial score (nSPS) is 16.1. The van der Waals surface area contributed by atoms with Crippen LogP contribution in [-0.4, -0.2) is 45.5 Å². The van der Waals surface area contributed by atoms with Crippen molar-refractivity contribution in [3.8, 4) is 0 Å². The van der Waals surface area contributed by atoms with Gasteiger partial charge < -0.3 is 19.0 Å². The van der Waals surface area contributed by atoms with Gasteiger partial charge in [0.25, 0.3) is 0 Å². The fourth-order valence-electron chi connectivity index (χ4n) is 2.31. The molecule has 3 atom stereocenters. The van der Waals surface area contributed by atoms with E-state index in [0.29, 0.717) is 19.6 Å². The molecule has 26 heavy (non-hydrogen) atoms. The van der Waals surface area contributed by atoms with Gasteiger partial charge in [-0.1, -0.05) is 57.2 Å². The van der Waals surface area contributed by atoms with Crippen LogP contribution in [-0.2, 0) is 20.5 Å². The molecule has 0 aliphatic carbocycles. The van der Waals surface area contributed by atoms with Crippen molar-refractivity contribution in [1.82, 2.24) is 0 Å². The van der Waals surface area contributed by atoms with Crippen molar-refractivity contribution in [2.45, 2.75) is 70.2 Å². The highest BCUT2D eigenvalue weighted by atomic mass is 28.4. The smallest absolute Gasteiger partial charge is 0.192 e. The van der Waals surface area contributed by atoms with Crippen LogP contribution in [0.1, 0.15) is 32.8 Å². The molecular formula is C21H36O4Si. The minimum atomic E-state index is -1.94. The van der Waals surface area contributed by atoms with Crippen molar-refractivity contribution >= 4 is 8.32 Å². The molecule has 0 amide bonds. The molecule has 0 aliphatic heterocycles. The van der Waals surface area contributed by atoms with Gasteiger partial charge in [-0.15, -0.1) is 6.58 Å². The van der Waals surface area contributed by atoms with Crippen LogP contribution in [0, 0.1) is 0 Å². The Labute approximate surface area is 160 Å². The molecule has 1 N–H and O–H groups in total. The lowest BCUT2D eigenvalue weighted by molar-refractivity contribution is -0.118. The lowest BCUT2D eigenvalue weighted by Crippen LogP contribution is -2.48. The Morgan fingerprint density at radius 3 is 2.27 bits per heavy atom. The summed E-state index contributed by atoms with van der Waals surface area (Å²) < 4.78 is 17.8. The molecule has 148 valence electrons. The van der Waals surface area contributed by atoms with Crippen LogP contribution in [0.25, 0.3) is 0 Å². The summed E-state index contributed by atoms with van der Waals surface area (Å²) in [6.07, 6.45) is 0.695. The quantitative estimate of drug-likeness (QED) is 0.452. The SMILES string of the molecule is C=CC[C@H](OC)[C@H](O)[C@@H](CO[Si](C)(C)C(C)(C)C)OCc1ccccc1. The molecule has 5 heteroatoms. The Bertz CT molecular complexity index is 525. The van der Waals surface area contributed by atoms with Crippen molar-refractivity contribution in [3.05, 3.63) is 48.6 Å². The molecule has 0 radical (unpaired) electrons. The van der Waals surface area contributed by atoms with Gasteiger partial charge in [0.2, 0.25) is 0 Å². The summed E-state index contributed by atoms with van der Waals surface area (Å²) in [6, 6.07) is 9.95. The van der Waals surface area contributed by atoms with E-state index in [1.807, 2.05) is 30.3 Å². The maximum atomic E-state index is 10.8. The van der Waals surface area contributed by atoms with Gasteiger partial charge in [-0.3, -0.25) is 0 Å². The van der Waals surface area contributed by atoms with Crippen molar-refractivity contribution in [3.63, 3.8) is 0 Å². The van der Waals surface area contributed by atoms with Crippen LogP contribution in [0.2, 0.25) is 18.1 Å². The van der Waals surface area contributed by atoms with E-state index in [4.69, 9.17) is 13.9 Å². The molecule has 1 aromatic carbocycles.